The predicted octanol–water partition coefficient (Wildman–Crippen LogP) is 5.25. The first-order chi connectivity index (χ1) is 12.2. The second-order valence-corrected chi connectivity index (χ2v) is 5.07. The molecule has 0 aliphatic rings. The average Bonchev–Trinajstić information content (AvgIpc) is 2.65. The van der Waals surface area contributed by atoms with Crippen LogP contribution in [0.1, 0.15) is 5.56 Å². The molecule has 0 aliphatic heterocycles. The second kappa shape index (κ2) is 9.36. The Morgan fingerprint density at radius 3 is 2.04 bits per heavy atom. The summed E-state index contributed by atoms with van der Waals surface area (Å²) in [6.07, 6.45) is 0. The Kier molecular flexibility index (Phi) is 6.91. The van der Waals surface area contributed by atoms with Crippen LogP contribution in [-0.4, -0.2) is 16.0 Å². The molecule has 134 valence electrons. The molecule has 0 aliphatic carbocycles. The van der Waals surface area contributed by atoms with Crippen molar-refractivity contribution in [2.24, 2.45) is 15.3 Å². The van der Waals surface area contributed by atoms with Crippen LogP contribution in [0.2, 0.25) is 0 Å². The minimum atomic E-state index is 0. The van der Waals surface area contributed by atoms with Gasteiger partial charge in [-0.1, -0.05) is 66.4 Å². The number of rotatable bonds is 4. The molecule has 26 heavy (non-hydrogen) atoms. The van der Waals surface area contributed by atoms with Crippen LogP contribution in [0.3, 0.4) is 0 Å². The number of aromatic hydroxyl groups is 2. The summed E-state index contributed by atoms with van der Waals surface area (Å²) in [5.74, 6) is 0.305. The summed E-state index contributed by atoms with van der Waals surface area (Å²) in [5, 5.41) is 31.8. The molecule has 0 aromatic heterocycles. The molecule has 0 saturated carbocycles. The number of phenolic OH excluding ortho intramolecular Hbond substituents is 2. The van der Waals surface area contributed by atoms with Gasteiger partial charge in [-0.25, -0.2) is 0 Å². The monoisotopic (exact) mass is 394 g/mol. The molecular formula is C19H15CuN4O2. The van der Waals surface area contributed by atoms with E-state index in [2.05, 4.69) is 20.8 Å². The van der Waals surface area contributed by atoms with E-state index in [9.17, 15) is 10.2 Å². The third-order valence-electron chi connectivity index (χ3n) is 3.30. The van der Waals surface area contributed by atoms with Gasteiger partial charge >= 0.3 is 17.1 Å². The fourth-order valence-electron chi connectivity index (χ4n) is 2.02. The molecule has 7 heteroatoms. The van der Waals surface area contributed by atoms with Gasteiger partial charge in [0.25, 0.3) is 0 Å². The third kappa shape index (κ3) is 4.92. The Bertz CT molecular complexity index is 914. The quantitative estimate of drug-likeness (QED) is 0.208. The molecule has 0 radical (unpaired) electrons. The Balaban J connectivity index is 0.00000243. The molecule has 2 N–H and O–H groups in total. The van der Waals surface area contributed by atoms with E-state index in [1.54, 1.807) is 36.4 Å². The maximum absolute atomic E-state index is 9.79. The molecule has 3 aromatic carbocycles. The minimum absolute atomic E-state index is 0. The van der Waals surface area contributed by atoms with Crippen molar-refractivity contribution >= 4 is 17.2 Å². The molecule has 0 fully saturated rings. The van der Waals surface area contributed by atoms with Gasteiger partial charge in [-0.3, -0.25) is 0 Å². The zero-order chi connectivity index (χ0) is 17.5. The molecule has 0 amide bonds. The zero-order valence-electron chi connectivity index (χ0n) is 13.5. The molecule has 0 bridgehead atoms. The van der Waals surface area contributed by atoms with E-state index < -0.39 is 0 Å². The van der Waals surface area contributed by atoms with Gasteiger partial charge in [-0.05, 0) is 18.2 Å². The van der Waals surface area contributed by atoms with Gasteiger partial charge < -0.3 is 20.7 Å². The van der Waals surface area contributed by atoms with Crippen LogP contribution in [0.25, 0.3) is 5.43 Å². The van der Waals surface area contributed by atoms with Gasteiger partial charge in [0.15, 0.2) is 5.84 Å². The summed E-state index contributed by atoms with van der Waals surface area (Å²) < 4.78 is 0. The van der Waals surface area contributed by atoms with E-state index in [4.69, 9.17) is 0 Å². The van der Waals surface area contributed by atoms with E-state index in [1.165, 1.54) is 12.1 Å². The first-order valence-corrected chi connectivity index (χ1v) is 7.56. The van der Waals surface area contributed by atoms with E-state index in [0.717, 1.165) is 0 Å². The molecule has 0 unspecified atom stereocenters. The molecule has 0 atom stereocenters. The van der Waals surface area contributed by atoms with Crippen molar-refractivity contribution in [3.8, 4) is 11.5 Å². The summed E-state index contributed by atoms with van der Waals surface area (Å²) in [7, 11) is 0. The number of nitrogens with zero attached hydrogens (tertiary/aromatic N) is 4. The van der Waals surface area contributed by atoms with Gasteiger partial charge in [0.05, 0.1) is 0 Å². The molecular weight excluding hydrogens is 380 g/mol. The normalized spacial score (nSPS) is 11.2. The molecule has 6 nitrogen and oxygen atoms in total. The smallest absolute Gasteiger partial charge is 0.571 e. The predicted molar refractivity (Wildman–Crippen MR) is 96.7 cm³/mol. The van der Waals surface area contributed by atoms with E-state index in [1.807, 2.05) is 30.3 Å². The van der Waals surface area contributed by atoms with Crippen molar-refractivity contribution in [2.45, 2.75) is 0 Å². The van der Waals surface area contributed by atoms with Crippen molar-refractivity contribution in [2.75, 3.05) is 0 Å². The van der Waals surface area contributed by atoms with Gasteiger partial charge in [0, 0.05) is 5.56 Å². The van der Waals surface area contributed by atoms with Gasteiger partial charge in [0.2, 0.25) is 0 Å². The van der Waals surface area contributed by atoms with E-state index >= 15 is 0 Å². The zero-order valence-corrected chi connectivity index (χ0v) is 14.4. The summed E-state index contributed by atoms with van der Waals surface area (Å²) in [5.41, 5.74) is 5.40. The molecule has 3 aromatic rings. The molecule has 3 rings (SSSR count). The fourth-order valence-corrected chi connectivity index (χ4v) is 2.02. The number of para-hydroxylation sites is 2. The van der Waals surface area contributed by atoms with Crippen molar-refractivity contribution in [1.82, 2.24) is 0 Å². The largest absolute Gasteiger partial charge is 1.00 e. The van der Waals surface area contributed by atoms with Gasteiger partial charge in [-0.15, -0.1) is 10.2 Å². The molecule has 0 spiro atoms. The maximum Gasteiger partial charge on any atom is 1.00 e. The van der Waals surface area contributed by atoms with E-state index in [0.29, 0.717) is 16.9 Å². The van der Waals surface area contributed by atoms with Crippen LogP contribution >= 0.6 is 0 Å². The van der Waals surface area contributed by atoms with Crippen LogP contribution in [-0.2, 0) is 17.1 Å². The average molecular weight is 395 g/mol. The summed E-state index contributed by atoms with van der Waals surface area (Å²) in [6.45, 7) is 0. The van der Waals surface area contributed by atoms with Crippen molar-refractivity contribution in [3.05, 3.63) is 89.9 Å². The van der Waals surface area contributed by atoms with Crippen LogP contribution in [0.5, 0.6) is 11.5 Å². The van der Waals surface area contributed by atoms with E-state index in [-0.39, 0.29) is 34.4 Å². The number of azo groups is 1. The molecule has 0 saturated heterocycles. The summed E-state index contributed by atoms with van der Waals surface area (Å²) >= 11 is 0. The third-order valence-corrected chi connectivity index (χ3v) is 3.30. The Hall–Kier alpha value is -3.15. The Morgan fingerprint density at radius 2 is 1.35 bits per heavy atom. The van der Waals surface area contributed by atoms with Crippen LogP contribution in [0.15, 0.2) is 94.2 Å². The van der Waals surface area contributed by atoms with Gasteiger partial charge in [-0.2, -0.15) is 0 Å². The number of amidine groups is 1. The maximum atomic E-state index is 9.79. The summed E-state index contributed by atoms with van der Waals surface area (Å²) in [4.78, 5) is 0. The number of hydrogen-bond donors (Lipinski definition) is 2. The van der Waals surface area contributed by atoms with Crippen LogP contribution in [0, 0.1) is 0 Å². The number of hydrogen-bond acceptors (Lipinski definition) is 4. The topological polar surface area (TPSA) is 91.6 Å². The van der Waals surface area contributed by atoms with Crippen LogP contribution < -0.4 is 0 Å². The Morgan fingerprint density at radius 1 is 0.731 bits per heavy atom. The van der Waals surface area contributed by atoms with Crippen molar-refractivity contribution in [1.29, 1.82) is 0 Å². The van der Waals surface area contributed by atoms with Crippen molar-refractivity contribution in [3.63, 3.8) is 0 Å². The first kappa shape index (κ1) is 19.2. The minimum Gasteiger partial charge on any atom is -0.571 e. The summed E-state index contributed by atoms with van der Waals surface area (Å²) in [6, 6.07) is 22.5. The first-order valence-electron chi connectivity index (χ1n) is 7.56. The molecule has 0 heterocycles. The standard InChI is InChI=1S/C19H15N4O2.Cu/c24-17-12-6-4-10-15(17)20-22-19(14-8-2-1-3-9-14)23-21-16-11-5-7-13-18(16)25;/h1-13H,(H2-,20,21,22,23,24,25);/q-1;+1. The Labute approximate surface area is 161 Å². The van der Waals surface area contributed by atoms with Crippen molar-refractivity contribution < 1.29 is 27.3 Å². The fraction of sp³-hybridized carbons (Fsp3) is 0. The van der Waals surface area contributed by atoms with Gasteiger partial charge in [0.1, 0.15) is 17.2 Å². The SMILES string of the molecule is Oc1ccccc1N=NC(=N[N-]c1ccccc1O)c1ccccc1.[Cu+]. The van der Waals surface area contributed by atoms with Crippen LogP contribution in [0.4, 0.5) is 11.4 Å². The number of benzene rings is 3. The second-order valence-electron chi connectivity index (χ2n) is 5.07. The number of phenols is 2.